The molecule has 0 amide bonds. The summed E-state index contributed by atoms with van der Waals surface area (Å²) in [7, 11) is 0. The number of rotatable bonds is 1. The second-order valence-electron chi connectivity index (χ2n) is 2.39. The molecule has 46 valence electrons. The smallest absolute Gasteiger partial charge is 0.0436 e. The molecular weight excluding hydrogens is 120 g/mol. The van der Waals surface area contributed by atoms with Gasteiger partial charge in [0.1, 0.15) is 0 Å². The lowest BCUT2D eigenvalue weighted by Crippen LogP contribution is -1.92. The molecule has 0 N–H and O–H groups in total. The molecule has 1 aliphatic rings. The molecule has 1 aliphatic carbocycles. The van der Waals surface area contributed by atoms with Crippen molar-refractivity contribution < 1.29 is 0 Å². The summed E-state index contributed by atoms with van der Waals surface area (Å²) in [5, 5.41) is 0. The second kappa shape index (κ2) is 2.54. The van der Waals surface area contributed by atoms with Gasteiger partial charge >= 0.3 is 0 Å². The van der Waals surface area contributed by atoms with Crippen molar-refractivity contribution in [1.82, 2.24) is 0 Å². The molecule has 0 saturated carbocycles. The molecule has 1 atom stereocenters. The maximum Gasteiger partial charge on any atom is 0.0436 e. The van der Waals surface area contributed by atoms with Gasteiger partial charge < -0.3 is 0 Å². The summed E-state index contributed by atoms with van der Waals surface area (Å²) in [6.07, 6.45) is 4.81. The average molecular weight is 131 g/mol. The van der Waals surface area contributed by atoms with Crippen LogP contribution in [0.2, 0.25) is 0 Å². The van der Waals surface area contributed by atoms with Gasteiger partial charge in [-0.05, 0) is 18.8 Å². The van der Waals surface area contributed by atoms with Gasteiger partial charge in [-0.15, -0.1) is 11.6 Å². The van der Waals surface area contributed by atoms with Gasteiger partial charge in [-0.2, -0.15) is 0 Å². The van der Waals surface area contributed by atoms with Crippen molar-refractivity contribution in [2.45, 2.75) is 19.8 Å². The highest BCUT2D eigenvalue weighted by atomic mass is 35.5. The van der Waals surface area contributed by atoms with Crippen molar-refractivity contribution in [2.75, 3.05) is 5.88 Å². The molecule has 0 heterocycles. The zero-order chi connectivity index (χ0) is 5.98. The van der Waals surface area contributed by atoms with Crippen LogP contribution < -0.4 is 0 Å². The van der Waals surface area contributed by atoms with Crippen molar-refractivity contribution >= 4 is 11.6 Å². The van der Waals surface area contributed by atoms with E-state index in [0.29, 0.717) is 0 Å². The van der Waals surface area contributed by atoms with Crippen molar-refractivity contribution in [3.63, 3.8) is 0 Å². The highest BCUT2D eigenvalue weighted by molar-refractivity contribution is 6.19. The van der Waals surface area contributed by atoms with Gasteiger partial charge in [-0.3, -0.25) is 0 Å². The minimum absolute atomic E-state index is 0.737. The van der Waals surface area contributed by atoms with E-state index in [2.05, 4.69) is 13.0 Å². The SMILES string of the molecule is CC1CCC=C1CCl. The Balaban J connectivity index is 2.49. The minimum Gasteiger partial charge on any atom is -0.122 e. The minimum atomic E-state index is 0.737. The van der Waals surface area contributed by atoms with Crippen molar-refractivity contribution in [3.05, 3.63) is 11.6 Å². The fraction of sp³-hybridized carbons (Fsp3) is 0.714. The summed E-state index contributed by atoms with van der Waals surface area (Å²) in [5.41, 5.74) is 1.44. The molecule has 0 aliphatic heterocycles. The molecule has 0 spiro atoms. The molecule has 0 aromatic rings. The van der Waals surface area contributed by atoms with Crippen molar-refractivity contribution in [2.24, 2.45) is 5.92 Å². The summed E-state index contributed by atoms with van der Waals surface area (Å²) >= 11 is 5.63. The monoisotopic (exact) mass is 130 g/mol. The van der Waals surface area contributed by atoms with Crippen LogP contribution in [0.5, 0.6) is 0 Å². The number of halogens is 1. The van der Waals surface area contributed by atoms with Gasteiger partial charge in [-0.25, -0.2) is 0 Å². The maximum atomic E-state index is 5.63. The molecule has 0 aromatic heterocycles. The Morgan fingerprint density at radius 3 is 2.88 bits per heavy atom. The lowest BCUT2D eigenvalue weighted by atomic mass is 10.1. The molecule has 0 saturated heterocycles. The quantitative estimate of drug-likeness (QED) is 0.378. The molecule has 0 fully saturated rings. The van der Waals surface area contributed by atoms with E-state index >= 15 is 0 Å². The van der Waals surface area contributed by atoms with Crippen LogP contribution in [-0.2, 0) is 0 Å². The summed E-state index contributed by atoms with van der Waals surface area (Å²) in [6.45, 7) is 2.24. The number of allylic oxidation sites excluding steroid dienone is 2. The number of alkyl halides is 1. The van der Waals surface area contributed by atoms with Gasteiger partial charge in [0.2, 0.25) is 0 Å². The zero-order valence-corrected chi connectivity index (χ0v) is 5.91. The molecule has 1 rings (SSSR count). The molecule has 0 aromatic carbocycles. The van der Waals surface area contributed by atoms with E-state index in [1.54, 1.807) is 0 Å². The van der Waals surface area contributed by atoms with Gasteiger partial charge in [0.25, 0.3) is 0 Å². The Morgan fingerprint density at radius 1 is 1.88 bits per heavy atom. The Morgan fingerprint density at radius 2 is 2.62 bits per heavy atom. The fourth-order valence-electron chi connectivity index (χ4n) is 1.09. The predicted octanol–water partition coefficient (Wildman–Crippen LogP) is 2.58. The first kappa shape index (κ1) is 6.15. The highest BCUT2D eigenvalue weighted by Gasteiger charge is 2.11. The van der Waals surface area contributed by atoms with E-state index in [4.69, 9.17) is 11.6 Å². The standard InChI is InChI=1S/C7H11Cl/c1-6-3-2-4-7(6)5-8/h4,6H,2-3,5H2,1H3. The van der Waals surface area contributed by atoms with Crippen LogP contribution >= 0.6 is 11.6 Å². The Hall–Kier alpha value is 0.0300. The van der Waals surface area contributed by atoms with Gasteiger partial charge in [-0.1, -0.05) is 18.6 Å². The van der Waals surface area contributed by atoms with Gasteiger partial charge in [0.05, 0.1) is 0 Å². The van der Waals surface area contributed by atoms with Crippen LogP contribution in [0.4, 0.5) is 0 Å². The fourth-order valence-corrected chi connectivity index (χ4v) is 1.46. The van der Waals surface area contributed by atoms with E-state index < -0.39 is 0 Å². The van der Waals surface area contributed by atoms with Crippen molar-refractivity contribution in [3.8, 4) is 0 Å². The molecular formula is C7H11Cl. The average Bonchev–Trinajstić information content (AvgIpc) is 2.14. The summed E-state index contributed by atoms with van der Waals surface area (Å²) in [4.78, 5) is 0. The third-order valence-corrected chi connectivity index (χ3v) is 2.10. The third-order valence-electron chi connectivity index (χ3n) is 1.79. The summed E-state index contributed by atoms with van der Waals surface area (Å²) in [6, 6.07) is 0. The highest BCUT2D eigenvalue weighted by Crippen LogP contribution is 2.25. The van der Waals surface area contributed by atoms with Crippen LogP contribution in [0, 0.1) is 5.92 Å². The molecule has 0 nitrogen and oxygen atoms in total. The van der Waals surface area contributed by atoms with Crippen molar-refractivity contribution in [1.29, 1.82) is 0 Å². The molecule has 0 bridgehead atoms. The molecule has 0 radical (unpaired) electrons. The van der Waals surface area contributed by atoms with Crippen LogP contribution in [0.15, 0.2) is 11.6 Å². The third kappa shape index (κ3) is 1.05. The molecule has 1 heteroatoms. The first-order valence-electron chi connectivity index (χ1n) is 3.09. The van der Waals surface area contributed by atoms with Crippen LogP contribution in [0.1, 0.15) is 19.8 Å². The van der Waals surface area contributed by atoms with Crippen LogP contribution in [0.25, 0.3) is 0 Å². The maximum absolute atomic E-state index is 5.63. The Kier molecular flexibility index (Phi) is 1.95. The predicted molar refractivity (Wildman–Crippen MR) is 37.2 cm³/mol. The van der Waals surface area contributed by atoms with E-state index in [1.807, 2.05) is 0 Å². The van der Waals surface area contributed by atoms with E-state index in [0.717, 1.165) is 11.8 Å². The topological polar surface area (TPSA) is 0 Å². The molecule has 1 unspecified atom stereocenters. The van der Waals surface area contributed by atoms with E-state index in [-0.39, 0.29) is 0 Å². The summed E-state index contributed by atoms with van der Waals surface area (Å²) < 4.78 is 0. The Bertz CT molecular complexity index is 105. The lowest BCUT2D eigenvalue weighted by Gasteiger charge is -2.02. The summed E-state index contributed by atoms with van der Waals surface area (Å²) in [5.74, 6) is 1.49. The number of hydrogen-bond acceptors (Lipinski definition) is 0. The van der Waals surface area contributed by atoms with Gasteiger partial charge in [0, 0.05) is 5.88 Å². The van der Waals surface area contributed by atoms with Crippen LogP contribution in [-0.4, -0.2) is 5.88 Å². The number of hydrogen-bond donors (Lipinski definition) is 0. The normalized spacial score (nSPS) is 28.2. The van der Waals surface area contributed by atoms with E-state index in [9.17, 15) is 0 Å². The van der Waals surface area contributed by atoms with E-state index in [1.165, 1.54) is 18.4 Å². The Labute approximate surface area is 55.5 Å². The van der Waals surface area contributed by atoms with Crippen LogP contribution in [0.3, 0.4) is 0 Å². The second-order valence-corrected chi connectivity index (χ2v) is 2.66. The first-order chi connectivity index (χ1) is 3.84. The van der Waals surface area contributed by atoms with Gasteiger partial charge in [0.15, 0.2) is 0 Å². The molecule has 8 heavy (non-hydrogen) atoms. The lowest BCUT2D eigenvalue weighted by molar-refractivity contribution is 0.671. The zero-order valence-electron chi connectivity index (χ0n) is 5.15. The first-order valence-corrected chi connectivity index (χ1v) is 3.63. The largest absolute Gasteiger partial charge is 0.122 e.